The second-order valence-electron chi connectivity index (χ2n) is 5.65. The molecule has 3 rings (SSSR count). The van der Waals surface area contributed by atoms with Crippen molar-refractivity contribution in [2.45, 2.75) is 0 Å². The van der Waals surface area contributed by atoms with E-state index in [2.05, 4.69) is 26.5 Å². The maximum Gasteiger partial charge on any atom is 0.341 e. The second kappa shape index (κ2) is 8.80. The number of thiophene rings is 1. The molecule has 3 aromatic rings. The van der Waals surface area contributed by atoms with Crippen LogP contribution >= 0.6 is 27.3 Å². The van der Waals surface area contributed by atoms with Gasteiger partial charge in [0, 0.05) is 32.3 Å². The zero-order chi connectivity index (χ0) is 21.0. The third-order valence-electron chi connectivity index (χ3n) is 3.63. The second-order valence-corrected chi connectivity index (χ2v) is 7.65. The Morgan fingerprint density at radius 3 is 2.79 bits per heavy atom. The number of carboxylic acid groups (broad SMARTS) is 1. The van der Waals surface area contributed by atoms with E-state index >= 15 is 0 Å². The molecule has 9 nitrogen and oxygen atoms in total. The van der Waals surface area contributed by atoms with E-state index in [1.165, 1.54) is 29.7 Å². The molecule has 1 heterocycles. The number of hydrogen-bond acceptors (Lipinski definition) is 7. The molecule has 29 heavy (non-hydrogen) atoms. The molecule has 1 amide bonds. The number of ether oxygens (including phenoxy) is 1. The lowest BCUT2D eigenvalue weighted by molar-refractivity contribution is -0.384. The molecule has 0 aliphatic carbocycles. The summed E-state index contributed by atoms with van der Waals surface area (Å²) >= 11 is 4.49. The normalized spacial score (nSPS) is 10.9. The number of nitrogens with zero attached hydrogens (tertiary/aromatic N) is 2. The zero-order valence-electron chi connectivity index (χ0n) is 14.5. The van der Waals surface area contributed by atoms with Crippen molar-refractivity contribution in [1.29, 1.82) is 0 Å². The molecule has 148 valence electrons. The molecule has 2 N–H and O–H groups in total. The van der Waals surface area contributed by atoms with Gasteiger partial charge in [-0.05, 0) is 30.3 Å². The standard InChI is InChI=1S/C18H12BrN3O6S/c19-12-1-3-14(28-9-17(23)24)11(5-12)8-20-21-18(25)16-7-10-6-13(22(26)27)2-4-15(10)29-16/h1-8H,9H2,(H,21,25)(H,23,24)/b20-8-. The van der Waals surface area contributed by atoms with Crippen LogP contribution in [0.15, 0.2) is 52.0 Å². The smallest absolute Gasteiger partial charge is 0.341 e. The topological polar surface area (TPSA) is 131 Å². The van der Waals surface area contributed by atoms with Crippen LogP contribution in [0.1, 0.15) is 15.2 Å². The van der Waals surface area contributed by atoms with Crippen LogP contribution in [0.4, 0.5) is 5.69 Å². The Morgan fingerprint density at radius 1 is 1.28 bits per heavy atom. The van der Waals surface area contributed by atoms with E-state index < -0.39 is 23.4 Å². The molecule has 0 radical (unpaired) electrons. The van der Waals surface area contributed by atoms with Crippen molar-refractivity contribution in [2.75, 3.05) is 6.61 Å². The fourth-order valence-corrected chi connectivity index (χ4v) is 3.67. The summed E-state index contributed by atoms with van der Waals surface area (Å²) in [6.45, 7) is -0.511. The van der Waals surface area contributed by atoms with Crippen LogP contribution in [-0.2, 0) is 4.79 Å². The number of hydrazone groups is 1. The first kappa shape index (κ1) is 20.4. The van der Waals surface area contributed by atoms with Gasteiger partial charge >= 0.3 is 5.97 Å². The minimum absolute atomic E-state index is 0.0520. The van der Waals surface area contributed by atoms with Crippen LogP contribution in [0.3, 0.4) is 0 Å². The molecule has 0 aliphatic rings. The summed E-state index contributed by atoms with van der Waals surface area (Å²) < 4.78 is 6.65. The zero-order valence-corrected chi connectivity index (χ0v) is 16.9. The SMILES string of the molecule is O=C(O)COc1ccc(Br)cc1/C=N\NC(=O)c1cc2cc([N+](=O)[O-])ccc2s1. The first-order valence-electron chi connectivity index (χ1n) is 7.99. The van der Waals surface area contributed by atoms with Crippen LogP contribution in [0.2, 0.25) is 0 Å². The summed E-state index contributed by atoms with van der Waals surface area (Å²) in [6.07, 6.45) is 1.33. The summed E-state index contributed by atoms with van der Waals surface area (Å²) in [5.41, 5.74) is 2.79. The molecule has 2 aromatic carbocycles. The van der Waals surface area contributed by atoms with Gasteiger partial charge in [-0.3, -0.25) is 14.9 Å². The van der Waals surface area contributed by atoms with E-state index in [1.807, 2.05) is 0 Å². The quantitative estimate of drug-likeness (QED) is 0.302. The molecule has 1 aromatic heterocycles. The maximum absolute atomic E-state index is 12.3. The summed E-state index contributed by atoms with van der Waals surface area (Å²) in [7, 11) is 0. The number of aliphatic carboxylic acids is 1. The number of carbonyl (C=O) groups is 2. The fraction of sp³-hybridized carbons (Fsp3) is 0.0556. The molecule has 0 atom stereocenters. The number of fused-ring (bicyclic) bond motifs is 1. The minimum atomic E-state index is -1.12. The van der Waals surface area contributed by atoms with E-state index in [4.69, 9.17) is 9.84 Å². The monoisotopic (exact) mass is 477 g/mol. The van der Waals surface area contributed by atoms with Crippen LogP contribution in [0.25, 0.3) is 10.1 Å². The van der Waals surface area contributed by atoms with Crippen LogP contribution in [-0.4, -0.2) is 34.7 Å². The largest absolute Gasteiger partial charge is 0.481 e. The van der Waals surface area contributed by atoms with E-state index in [9.17, 15) is 19.7 Å². The third-order valence-corrected chi connectivity index (χ3v) is 5.24. The van der Waals surface area contributed by atoms with Crippen LogP contribution in [0, 0.1) is 10.1 Å². The highest BCUT2D eigenvalue weighted by Gasteiger charge is 2.13. The maximum atomic E-state index is 12.3. The van der Waals surface area contributed by atoms with Gasteiger partial charge in [0.1, 0.15) is 5.75 Å². The molecule has 0 unspecified atom stereocenters. The summed E-state index contributed by atoms with van der Waals surface area (Å²) in [6, 6.07) is 10.8. The Kier molecular flexibility index (Phi) is 6.20. The van der Waals surface area contributed by atoms with Crippen molar-refractivity contribution in [3.8, 4) is 5.75 Å². The molecule has 11 heteroatoms. The summed E-state index contributed by atoms with van der Waals surface area (Å²) in [4.78, 5) is 33.7. The van der Waals surface area contributed by atoms with Gasteiger partial charge in [0.25, 0.3) is 11.6 Å². The number of carboxylic acids is 1. The van der Waals surface area contributed by atoms with Gasteiger partial charge in [0.05, 0.1) is 16.0 Å². The van der Waals surface area contributed by atoms with Crippen molar-refractivity contribution in [2.24, 2.45) is 5.10 Å². The molecule has 0 spiro atoms. The number of benzene rings is 2. The van der Waals surface area contributed by atoms with Gasteiger partial charge in [-0.25, -0.2) is 10.2 Å². The van der Waals surface area contributed by atoms with E-state index in [0.717, 1.165) is 9.17 Å². The highest BCUT2D eigenvalue weighted by molar-refractivity contribution is 9.10. The predicted octanol–water partition coefficient (Wildman–Crippen LogP) is 3.80. The lowest BCUT2D eigenvalue weighted by atomic mass is 10.2. The predicted molar refractivity (Wildman–Crippen MR) is 111 cm³/mol. The van der Waals surface area contributed by atoms with Crippen molar-refractivity contribution in [1.82, 2.24) is 5.43 Å². The number of non-ortho nitro benzene ring substituents is 1. The number of rotatable bonds is 7. The lowest BCUT2D eigenvalue weighted by Gasteiger charge is -2.07. The molecular weight excluding hydrogens is 466 g/mol. The average molecular weight is 478 g/mol. The Morgan fingerprint density at radius 2 is 2.07 bits per heavy atom. The number of nitro groups is 1. The van der Waals surface area contributed by atoms with Crippen LogP contribution in [0.5, 0.6) is 5.75 Å². The highest BCUT2D eigenvalue weighted by Crippen LogP contribution is 2.29. The summed E-state index contributed by atoms with van der Waals surface area (Å²) in [5, 5.41) is 24.1. The van der Waals surface area contributed by atoms with Crippen molar-refractivity contribution < 1.29 is 24.4 Å². The molecule has 0 fully saturated rings. The number of amides is 1. The fourth-order valence-electron chi connectivity index (χ4n) is 2.36. The van der Waals surface area contributed by atoms with Gasteiger partial charge < -0.3 is 9.84 Å². The van der Waals surface area contributed by atoms with Gasteiger partial charge in [0.15, 0.2) is 6.61 Å². The van der Waals surface area contributed by atoms with Gasteiger partial charge in [-0.1, -0.05) is 15.9 Å². The van der Waals surface area contributed by atoms with Gasteiger partial charge in [0.2, 0.25) is 0 Å². The minimum Gasteiger partial charge on any atom is -0.481 e. The Balaban J connectivity index is 1.74. The number of halogens is 1. The number of carbonyl (C=O) groups excluding carboxylic acids is 1. The summed E-state index contributed by atoms with van der Waals surface area (Å²) in [5.74, 6) is -1.30. The van der Waals surface area contributed by atoms with E-state index in [1.54, 1.807) is 30.3 Å². The number of nitro benzene ring substituents is 1. The molecule has 0 bridgehead atoms. The van der Waals surface area contributed by atoms with Crippen molar-refractivity contribution in [3.63, 3.8) is 0 Å². The third kappa shape index (κ3) is 5.15. The molecule has 0 saturated heterocycles. The average Bonchev–Trinajstić information content (AvgIpc) is 3.10. The number of nitrogens with one attached hydrogen (secondary N) is 1. The lowest BCUT2D eigenvalue weighted by Crippen LogP contribution is -2.16. The van der Waals surface area contributed by atoms with E-state index in [0.29, 0.717) is 21.6 Å². The molecular formula is C18H12BrN3O6S. The first-order valence-corrected chi connectivity index (χ1v) is 9.60. The number of hydrogen-bond donors (Lipinski definition) is 2. The highest BCUT2D eigenvalue weighted by atomic mass is 79.9. The van der Waals surface area contributed by atoms with Gasteiger partial charge in [-0.15, -0.1) is 11.3 Å². The first-order chi connectivity index (χ1) is 13.8. The molecule has 0 aliphatic heterocycles. The van der Waals surface area contributed by atoms with E-state index in [-0.39, 0.29) is 5.69 Å². The van der Waals surface area contributed by atoms with Gasteiger partial charge in [-0.2, -0.15) is 5.10 Å². The van der Waals surface area contributed by atoms with Crippen molar-refractivity contribution >= 4 is 61.1 Å². The van der Waals surface area contributed by atoms with Crippen LogP contribution < -0.4 is 10.2 Å². The molecule has 0 saturated carbocycles. The van der Waals surface area contributed by atoms with Crippen molar-refractivity contribution in [3.05, 3.63) is 67.5 Å². The Hall–Kier alpha value is -3.31. The Bertz CT molecular complexity index is 1140. The Labute approximate surface area is 175 Å².